The number of aryl methyl sites for hydroxylation is 1. The van der Waals surface area contributed by atoms with Crippen LogP contribution in [0.5, 0.6) is 11.5 Å². The molecular weight excluding hydrogens is 314 g/mol. The van der Waals surface area contributed by atoms with Gasteiger partial charge < -0.3 is 20.1 Å². The number of methoxy groups -OCH3 is 2. The number of anilines is 1. The number of piperidine rings is 1. The molecule has 1 aromatic heterocycles. The highest BCUT2D eigenvalue weighted by molar-refractivity contribution is 5.96. The maximum absolute atomic E-state index is 5.54. The molecule has 5 heteroatoms. The quantitative estimate of drug-likeness (QED) is 0.894. The summed E-state index contributed by atoms with van der Waals surface area (Å²) < 4.78 is 11.0. The minimum atomic E-state index is 0.114. The summed E-state index contributed by atoms with van der Waals surface area (Å²) in [6.45, 7) is 4.46. The number of hydrogen-bond acceptors (Lipinski definition) is 5. The zero-order valence-corrected chi connectivity index (χ0v) is 15.4. The van der Waals surface area contributed by atoms with Crippen molar-refractivity contribution in [2.45, 2.75) is 44.6 Å². The van der Waals surface area contributed by atoms with Crippen LogP contribution in [-0.2, 0) is 12.8 Å². The lowest BCUT2D eigenvalue weighted by atomic mass is 9.89. The Morgan fingerprint density at radius 2 is 1.80 bits per heavy atom. The Balaban J connectivity index is 1.88. The van der Waals surface area contributed by atoms with Crippen molar-refractivity contribution in [1.29, 1.82) is 0 Å². The summed E-state index contributed by atoms with van der Waals surface area (Å²) in [6, 6.07) is 4.08. The molecule has 4 rings (SSSR count). The first kappa shape index (κ1) is 16.5. The number of nitrogens with zero attached hydrogens (tertiary/aromatic N) is 1. The summed E-state index contributed by atoms with van der Waals surface area (Å²) in [6.07, 6.45) is 5.59. The lowest BCUT2D eigenvalue weighted by molar-refractivity contribution is 0.355. The molecule has 5 nitrogen and oxygen atoms in total. The minimum Gasteiger partial charge on any atom is -0.493 e. The lowest BCUT2D eigenvalue weighted by Gasteiger charge is -2.37. The van der Waals surface area contributed by atoms with Crippen LogP contribution in [0.3, 0.4) is 0 Å². The van der Waals surface area contributed by atoms with Crippen LogP contribution in [0.1, 0.15) is 37.4 Å². The fraction of sp³-hybridized carbons (Fsp3) is 0.550. The maximum atomic E-state index is 5.54. The minimum absolute atomic E-state index is 0.114. The number of hydrogen-bond donors (Lipinski definition) is 2. The molecule has 0 amide bonds. The van der Waals surface area contributed by atoms with Gasteiger partial charge in [0.15, 0.2) is 11.5 Å². The zero-order chi connectivity index (χ0) is 17.4. The average Bonchev–Trinajstić information content (AvgIpc) is 3.09. The molecular formula is C20H27N3O2. The Labute approximate surface area is 149 Å². The summed E-state index contributed by atoms with van der Waals surface area (Å²) in [5.41, 5.74) is 4.98. The molecule has 25 heavy (non-hydrogen) atoms. The van der Waals surface area contributed by atoms with E-state index in [0.29, 0.717) is 0 Å². The summed E-state index contributed by atoms with van der Waals surface area (Å²) >= 11 is 0. The molecule has 1 fully saturated rings. The van der Waals surface area contributed by atoms with Gasteiger partial charge >= 0.3 is 0 Å². The third kappa shape index (κ3) is 2.91. The summed E-state index contributed by atoms with van der Waals surface area (Å²) in [7, 11) is 3.36. The second kappa shape index (κ2) is 6.37. The van der Waals surface area contributed by atoms with Crippen molar-refractivity contribution < 1.29 is 9.47 Å². The van der Waals surface area contributed by atoms with Gasteiger partial charge in [-0.15, -0.1) is 0 Å². The smallest absolute Gasteiger partial charge is 0.162 e. The van der Waals surface area contributed by atoms with Crippen LogP contribution in [0.4, 0.5) is 5.69 Å². The van der Waals surface area contributed by atoms with Crippen LogP contribution in [0.15, 0.2) is 12.1 Å². The standard InChI is InChI=1S/C20H27N3O2/c1-20(7-9-21-10-8-20)23-19-13-5-4-6-15(13)22-16-12-18(25-3)17(24-2)11-14(16)19/h11-12,21H,4-10H2,1-3H3,(H,22,23). The van der Waals surface area contributed by atoms with Crippen LogP contribution >= 0.6 is 0 Å². The van der Waals surface area contributed by atoms with Gasteiger partial charge in [-0.1, -0.05) is 0 Å². The Morgan fingerprint density at radius 3 is 2.52 bits per heavy atom. The van der Waals surface area contributed by atoms with Crippen molar-refractivity contribution in [1.82, 2.24) is 10.3 Å². The SMILES string of the molecule is COc1cc2nc3c(c(NC4(C)CCNCC4)c2cc1OC)CCC3. The van der Waals surface area contributed by atoms with Gasteiger partial charge in [0.1, 0.15) is 0 Å². The number of ether oxygens (including phenoxy) is 2. The Kier molecular flexibility index (Phi) is 4.20. The van der Waals surface area contributed by atoms with Crippen LogP contribution in [-0.4, -0.2) is 37.8 Å². The van der Waals surface area contributed by atoms with Gasteiger partial charge in [-0.2, -0.15) is 0 Å². The molecule has 0 unspecified atom stereocenters. The lowest BCUT2D eigenvalue weighted by Crippen LogP contribution is -2.45. The summed E-state index contributed by atoms with van der Waals surface area (Å²) in [5, 5.41) is 8.51. The normalized spacial score (nSPS) is 18.8. The second-order valence-electron chi connectivity index (χ2n) is 7.43. The first-order chi connectivity index (χ1) is 12.1. The molecule has 0 radical (unpaired) electrons. The van der Waals surface area contributed by atoms with E-state index in [1.807, 2.05) is 6.07 Å². The highest BCUT2D eigenvalue weighted by Crippen LogP contribution is 2.41. The van der Waals surface area contributed by atoms with Crippen molar-refractivity contribution in [3.63, 3.8) is 0 Å². The molecule has 2 heterocycles. The van der Waals surface area contributed by atoms with E-state index in [0.717, 1.165) is 61.2 Å². The van der Waals surface area contributed by atoms with Crippen LogP contribution in [0.25, 0.3) is 10.9 Å². The molecule has 2 aliphatic rings. The maximum Gasteiger partial charge on any atom is 0.162 e. The molecule has 134 valence electrons. The number of fused-ring (bicyclic) bond motifs is 2. The van der Waals surface area contributed by atoms with Gasteiger partial charge in [0, 0.05) is 28.4 Å². The molecule has 0 spiro atoms. The Bertz CT molecular complexity index is 797. The topological polar surface area (TPSA) is 55.4 Å². The Morgan fingerprint density at radius 1 is 1.08 bits per heavy atom. The van der Waals surface area contributed by atoms with Crippen molar-refractivity contribution >= 4 is 16.6 Å². The van der Waals surface area contributed by atoms with Gasteiger partial charge in [0.2, 0.25) is 0 Å². The molecule has 0 atom stereocenters. The van der Waals surface area contributed by atoms with Gasteiger partial charge in [-0.3, -0.25) is 4.98 Å². The fourth-order valence-electron chi connectivity index (χ4n) is 4.14. The monoisotopic (exact) mass is 341 g/mol. The summed E-state index contributed by atoms with van der Waals surface area (Å²) in [4.78, 5) is 4.93. The Hall–Kier alpha value is -2.01. The largest absolute Gasteiger partial charge is 0.493 e. The molecule has 1 saturated heterocycles. The number of rotatable bonds is 4. The average molecular weight is 341 g/mol. The van der Waals surface area contributed by atoms with E-state index in [2.05, 4.69) is 23.6 Å². The molecule has 1 aromatic carbocycles. The number of nitrogens with one attached hydrogen (secondary N) is 2. The molecule has 0 bridgehead atoms. The van der Waals surface area contributed by atoms with E-state index in [9.17, 15) is 0 Å². The number of pyridine rings is 1. The van der Waals surface area contributed by atoms with Gasteiger partial charge in [0.25, 0.3) is 0 Å². The highest BCUT2D eigenvalue weighted by Gasteiger charge is 2.30. The van der Waals surface area contributed by atoms with Gasteiger partial charge in [-0.05, 0) is 63.7 Å². The van der Waals surface area contributed by atoms with Gasteiger partial charge in [0.05, 0.1) is 19.7 Å². The highest BCUT2D eigenvalue weighted by atomic mass is 16.5. The van der Waals surface area contributed by atoms with E-state index in [-0.39, 0.29) is 5.54 Å². The van der Waals surface area contributed by atoms with Crippen LogP contribution < -0.4 is 20.1 Å². The van der Waals surface area contributed by atoms with Gasteiger partial charge in [-0.25, -0.2) is 0 Å². The predicted molar refractivity (Wildman–Crippen MR) is 101 cm³/mol. The summed E-state index contributed by atoms with van der Waals surface area (Å²) in [5.74, 6) is 1.49. The van der Waals surface area contributed by atoms with E-state index >= 15 is 0 Å². The van der Waals surface area contributed by atoms with E-state index < -0.39 is 0 Å². The first-order valence-electron chi connectivity index (χ1n) is 9.20. The third-order valence-electron chi connectivity index (χ3n) is 5.65. The van der Waals surface area contributed by atoms with E-state index in [1.54, 1.807) is 14.2 Å². The van der Waals surface area contributed by atoms with Crippen molar-refractivity contribution in [2.75, 3.05) is 32.6 Å². The van der Waals surface area contributed by atoms with Crippen molar-refractivity contribution in [2.24, 2.45) is 0 Å². The fourth-order valence-corrected chi connectivity index (χ4v) is 4.14. The molecule has 2 aromatic rings. The van der Waals surface area contributed by atoms with E-state index in [4.69, 9.17) is 14.5 Å². The third-order valence-corrected chi connectivity index (χ3v) is 5.65. The van der Waals surface area contributed by atoms with Crippen molar-refractivity contribution in [3.05, 3.63) is 23.4 Å². The van der Waals surface area contributed by atoms with E-state index in [1.165, 1.54) is 23.4 Å². The molecule has 1 aliphatic heterocycles. The first-order valence-corrected chi connectivity index (χ1v) is 9.20. The second-order valence-corrected chi connectivity index (χ2v) is 7.43. The zero-order valence-electron chi connectivity index (χ0n) is 15.4. The van der Waals surface area contributed by atoms with Crippen molar-refractivity contribution in [3.8, 4) is 11.5 Å². The predicted octanol–water partition coefficient (Wildman–Crippen LogP) is 3.29. The van der Waals surface area contributed by atoms with Crippen LogP contribution in [0.2, 0.25) is 0 Å². The number of aromatic nitrogens is 1. The molecule has 2 N–H and O–H groups in total. The molecule has 1 aliphatic carbocycles. The van der Waals surface area contributed by atoms with Crippen LogP contribution in [0, 0.1) is 0 Å². The molecule has 0 saturated carbocycles. The number of benzene rings is 1.